The minimum Gasteiger partial charge on any atom is -0.480 e. The summed E-state index contributed by atoms with van der Waals surface area (Å²) < 4.78 is 4.54. The number of nitrogens with zero attached hydrogens (tertiary/aromatic N) is 2. The van der Waals surface area contributed by atoms with E-state index < -0.39 is 18.0 Å². The van der Waals surface area contributed by atoms with Crippen LogP contribution in [0.1, 0.15) is 6.42 Å². The molecule has 0 heterocycles. The lowest BCUT2D eigenvalue weighted by atomic mass is 10.3. The van der Waals surface area contributed by atoms with Crippen molar-refractivity contribution < 1.29 is 19.4 Å². The lowest BCUT2D eigenvalue weighted by molar-refractivity contribution is -0.148. The Morgan fingerprint density at radius 2 is 2.20 bits per heavy atom. The summed E-state index contributed by atoms with van der Waals surface area (Å²) in [5.41, 5.74) is 5.09. The maximum Gasteiger partial charge on any atom is 0.324 e. The number of nitroso groups, excluding NO2 is 1. The monoisotopic (exact) mass is 219 g/mol. The molecule has 1 atom stereocenters. The molecule has 0 fully saturated rings. The number of hydrogen-bond acceptors (Lipinski definition) is 6. The van der Waals surface area contributed by atoms with Gasteiger partial charge in [0.2, 0.25) is 0 Å². The van der Waals surface area contributed by atoms with Crippen LogP contribution in [0.3, 0.4) is 0 Å². The van der Waals surface area contributed by atoms with Crippen LogP contribution in [0, 0.1) is 4.91 Å². The number of carboxylic acids is 1. The number of esters is 1. The summed E-state index contributed by atoms with van der Waals surface area (Å²) in [6.07, 6.45) is -0.0470. The quantitative estimate of drug-likeness (QED) is 0.318. The van der Waals surface area contributed by atoms with Crippen molar-refractivity contribution in [3.63, 3.8) is 0 Å². The first-order chi connectivity index (χ1) is 6.97. The molecule has 0 saturated heterocycles. The van der Waals surface area contributed by atoms with Gasteiger partial charge < -0.3 is 15.6 Å². The minimum absolute atomic E-state index is 0.0470. The van der Waals surface area contributed by atoms with E-state index in [9.17, 15) is 14.5 Å². The Labute approximate surface area is 85.9 Å². The van der Waals surface area contributed by atoms with Gasteiger partial charge in [-0.2, -0.15) is 0 Å². The van der Waals surface area contributed by atoms with Gasteiger partial charge in [-0.05, 0) is 0 Å². The molecule has 3 N–H and O–H groups in total. The van der Waals surface area contributed by atoms with E-state index in [0.29, 0.717) is 0 Å². The Morgan fingerprint density at radius 1 is 1.60 bits per heavy atom. The Hall–Kier alpha value is -1.70. The number of carbonyl (C=O) groups excluding carboxylic acids is 1. The molecule has 0 rings (SSSR count). The molecule has 0 spiro atoms. The van der Waals surface area contributed by atoms with Gasteiger partial charge in [-0.15, -0.1) is 4.91 Å². The van der Waals surface area contributed by atoms with Crippen molar-refractivity contribution in [1.29, 1.82) is 0 Å². The van der Waals surface area contributed by atoms with Gasteiger partial charge >= 0.3 is 11.9 Å². The molecule has 86 valence electrons. The maximum absolute atomic E-state index is 10.9. The van der Waals surface area contributed by atoms with Crippen molar-refractivity contribution >= 4 is 11.9 Å². The highest BCUT2D eigenvalue weighted by Crippen LogP contribution is 1.92. The van der Waals surface area contributed by atoms with E-state index >= 15 is 0 Å². The number of ether oxygens (including phenoxy) is 1. The third-order valence-corrected chi connectivity index (χ3v) is 1.52. The Balaban J connectivity index is 3.66. The van der Waals surface area contributed by atoms with Crippen molar-refractivity contribution in [3.05, 3.63) is 4.91 Å². The summed E-state index contributed by atoms with van der Waals surface area (Å²) in [7, 11) is 1.41. The highest BCUT2D eigenvalue weighted by atomic mass is 16.5. The average molecular weight is 219 g/mol. The molecule has 0 radical (unpaired) electrons. The van der Waals surface area contributed by atoms with Crippen LogP contribution in [-0.4, -0.2) is 48.3 Å². The zero-order valence-electron chi connectivity index (χ0n) is 8.25. The second-order valence-electron chi connectivity index (χ2n) is 2.84. The lowest BCUT2D eigenvalue weighted by Gasteiger charge is -2.09. The first-order valence-electron chi connectivity index (χ1n) is 4.15. The van der Waals surface area contributed by atoms with Crippen LogP contribution in [0.5, 0.6) is 0 Å². The molecule has 0 amide bonds. The van der Waals surface area contributed by atoms with E-state index in [1.807, 2.05) is 0 Å². The lowest BCUT2D eigenvalue weighted by Crippen LogP contribution is -2.36. The molecule has 0 aromatic rings. The fourth-order valence-corrected chi connectivity index (χ4v) is 0.620. The number of carbonyl (C=O) groups is 2. The third kappa shape index (κ3) is 6.38. The second-order valence-corrected chi connectivity index (χ2v) is 2.84. The summed E-state index contributed by atoms with van der Waals surface area (Å²) in [6, 6.07) is -1.23. The second kappa shape index (κ2) is 6.71. The van der Waals surface area contributed by atoms with Gasteiger partial charge in [-0.3, -0.25) is 14.6 Å². The molecule has 15 heavy (non-hydrogen) atoms. The molecule has 8 heteroatoms. The van der Waals surface area contributed by atoms with Crippen molar-refractivity contribution in [2.75, 3.05) is 20.2 Å². The summed E-state index contributed by atoms with van der Waals surface area (Å²) in [5, 5.41) is 11.9. The van der Waals surface area contributed by atoms with Gasteiger partial charge in [0.1, 0.15) is 12.6 Å². The van der Waals surface area contributed by atoms with Crippen molar-refractivity contribution in [3.8, 4) is 0 Å². The van der Waals surface area contributed by atoms with Crippen molar-refractivity contribution in [2.45, 2.75) is 12.5 Å². The van der Waals surface area contributed by atoms with E-state index in [-0.39, 0.29) is 19.6 Å². The summed E-state index contributed by atoms with van der Waals surface area (Å²) in [5.74, 6) is -1.86. The molecule has 0 aliphatic carbocycles. The first-order valence-corrected chi connectivity index (χ1v) is 4.15. The summed E-state index contributed by atoms with van der Waals surface area (Å²) >= 11 is 0. The number of carboxylic acid groups (broad SMARTS) is 1. The zero-order valence-corrected chi connectivity index (χ0v) is 8.25. The zero-order chi connectivity index (χ0) is 11.8. The fourth-order valence-electron chi connectivity index (χ4n) is 0.620. The van der Waals surface area contributed by atoms with Gasteiger partial charge in [0.25, 0.3) is 0 Å². The highest BCUT2D eigenvalue weighted by molar-refractivity contribution is 5.74. The van der Waals surface area contributed by atoms with Crippen LogP contribution >= 0.6 is 0 Å². The van der Waals surface area contributed by atoms with Crippen LogP contribution in [0.15, 0.2) is 5.29 Å². The van der Waals surface area contributed by atoms with E-state index in [0.717, 1.165) is 5.01 Å². The smallest absolute Gasteiger partial charge is 0.324 e. The van der Waals surface area contributed by atoms with Crippen LogP contribution in [0.25, 0.3) is 0 Å². The standard InChI is InChI=1S/C7H13N3O5/c1-10(9-14)3-2-6(11)15-4-5(8)7(12)13/h5H,2-4,8H2,1H3,(H,12,13). The van der Waals surface area contributed by atoms with Crippen molar-refractivity contribution in [1.82, 2.24) is 5.01 Å². The Bertz CT molecular complexity index is 245. The molecule has 0 aromatic heterocycles. The molecular weight excluding hydrogens is 206 g/mol. The van der Waals surface area contributed by atoms with E-state index in [4.69, 9.17) is 10.8 Å². The number of nitrogens with two attached hydrogens (primary N) is 1. The van der Waals surface area contributed by atoms with Crippen molar-refractivity contribution in [2.24, 2.45) is 11.0 Å². The predicted molar refractivity (Wildman–Crippen MR) is 49.6 cm³/mol. The van der Waals surface area contributed by atoms with Gasteiger partial charge in [0.15, 0.2) is 0 Å². The van der Waals surface area contributed by atoms with Crippen LogP contribution in [-0.2, 0) is 14.3 Å². The Morgan fingerprint density at radius 3 is 2.67 bits per heavy atom. The third-order valence-electron chi connectivity index (χ3n) is 1.52. The maximum atomic E-state index is 10.9. The molecule has 0 aliphatic rings. The van der Waals surface area contributed by atoms with Gasteiger partial charge in [-0.1, -0.05) is 0 Å². The molecule has 0 saturated carbocycles. The van der Waals surface area contributed by atoms with Gasteiger partial charge in [0.05, 0.1) is 11.7 Å². The fraction of sp³-hybridized carbons (Fsp3) is 0.714. The predicted octanol–water partition coefficient (Wildman–Crippen LogP) is -1.06. The molecule has 0 aliphatic heterocycles. The summed E-state index contributed by atoms with van der Waals surface area (Å²) in [4.78, 5) is 31.1. The number of aliphatic carboxylic acids is 1. The number of rotatable bonds is 7. The average Bonchev–Trinajstić information content (AvgIpc) is 2.21. The minimum atomic E-state index is -1.24. The molecule has 8 nitrogen and oxygen atoms in total. The number of hydrogen-bond donors (Lipinski definition) is 2. The topological polar surface area (TPSA) is 122 Å². The molecule has 0 bridgehead atoms. The normalized spacial score (nSPS) is 11.6. The molecular formula is C7H13N3O5. The molecule has 1 unspecified atom stereocenters. The largest absolute Gasteiger partial charge is 0.480 e. The highest BCUT2D eigenvalue weighted by Gasteiger charge is 2.14. The van der Waals surface area contributed by atoms with E-state index in [1.54, 1.807) is 0 Å². The van der Waals surface area contributed by atoms with E-state index in [1.165, 1.54) is 7.05 Å². The summed E-state index contributed by atoms with van der Waals surface area (Å²) in [6.45, 7) is -0.267. The van der Waals surface area contributed by atoms with Crippen LogP contribution in [0.2, 0.25) is 0 Å². The first kappa shape index (κ1) is 13.3. The van der Waals surface area contributed by atoms with Crippen LogP contribution < -0.4 is 5.73 Å². The Kier molecular flexibility index (Phi) is 5.95. The molecule has 0 aromatic carbocycles. The van der Waals surface area contributed by atoms with E-state index in [2.05, 4.69) is 10.0 Å². The van der Waals surface area contributed by atoms with Gasteiger partial charge in [-0.25, -0.2) is 0 Å². The van der Waals surface area contributed by atoms with Crippen LogP contribution in [0.4, 0.5) is 0 Å². The van der Waals surface area contributed by atoms with Gasteiger partial charge in [0, 0.05) is 13.6 Å². The SMILES string of the molecule is CN(CCC(=O)OCC(N)C(=O)O)N=O.